The third-order valence-corrected chi connectivity index (χ3v) is 6.50. The van der Waals surface area contributed by atoms with E-state index in [0.29, 0.717) is 10.5 Å². The highest BCUT2D eigenvalue weighted by Crippen LogP contribution is 2.37. The van der Waals surface area contributed by atoms with Crippen LogP contribution in [0.3, 0.4) is 0 Å². The Kier molecular flexibility index (Phi) is 7.24. The monoisotopic (exact) mass is 301 g/mol. The number of alkyl halides is 3. The Morgan fingerprint density at radius 1 is 1.22 bits per heavy atom. The molecule has 1 saturated heterocycles. The molecule has 6 heteroatoms. The molecule has 0 saturated carbocycles. The van der Waals surface area contributed by atoms with Crippen LogP contribution in [0.1, 0.15) is 33.1 Å². The number of thioether (sulfide) groups is 2. The van der Waals surface area contributed by atoms with Crippen LogP contribution >= 0.6 is 23.5 Å². The van der Waals surface area contributed by atoms with Crippen LogP contribution in [0.15, 0.2) is 0 Å². The van der Waals surface area contributed by atoms with E-state index in [-0.39, 0.29) is 12.5 Å². The summed E-state index contributed by atoms with van der Waals surface area (Å²) in [6, 6.07) is -0.0145. The van der Waals surface area contributed by atoms with Gasteiger partial charge in [-0.25, -0.2) is 0 Å². The molecule has 0 aliphatic carbocycles. The van der Waals surface area contributed by atoms with Crippen molar-refractivity contribution in [3.05, 3.63) is 0 Å². The Morgan fingerprint density at radius 3 is 2.44 bits per heavy atom. The van der Waals surface area contributed by atoms with E-state index in [0.717, 1.165) is 24.5 Å². The fourth-order valence-electron chi connectivity index (χ4n) is 2.28. The quantitative estimate of drug-likeness (QED) is 0.798. The van der Waals surface area contributed by atoms with E-state index in [1.807, 2.05) is 30.4 Å². The first-order valence-electron chi connectivity index (χ1n) is 6.51. The first-order valence-corrected chi connectivity index (χ1v) is 8.61. The normalized spacial score (nSPS) is 27.2. The molecule has 1 heterocycles. The van der Waals surface area contributed by atoms with Crippen LogP contribution in [-0.4, -0.2) is 40.8 Å². The summed E-state index contributed by atoms with van der Waals surface area (Å²) in [6.07, 6.45) is -3.48. The van der Waals surface area contributed by atoms with Gasteiger partial charge in [0, 0.05) is 34.5 Å². The molecule has 1 aliphatic rings. The summed E-state index contributed by atoms with van der Waals surface area (Å²) in [4.78, 5) is 0. The molecule has 1 rings (SSSR count). The maximum Gasteiger partial charge on any atom is 0.389 e. The van der Waals surface area contributed by atoms with Crippen molar-refractivity contribution in [2.75, 3.05) is 18.1 Å². The third kappa shape index (κ3) is 5.61. The van der Waals surface area contributed by atoms with Gasteiger partial charge in [-0.05, 0) is 19.4 Å². The Balaban J connectivity index is 2.57. The molecule has 1 N–H and O–H groups in total. The molecule has 3 atom stereocenters. The highest BCUT2D eigenvalue weighted by Gasteiger charge is 2.35. The van der Waals surface area contributed by atoms with Crippen molar-refractivity contribution in [1.82, 2.24) is 5.32 Å². The van der Waals surface area contributed by atoms with Crippen molar-refractivity contribution < 1.29 is 13.2 Å². The third-order valence-electron chi connectivity index (χ3n) is 3.10. The highest BCUT2D eigenvalue weighted by atomic mass is 32.2. The zero-order valence-electron chi connectivity index (χ0n) is 10.9. The number of hydrogen-bond acceptors (Lipinski definition) is 3. The van der Waals surface area contributed by atoms with E-state index in [4.69, 9.17) is 0 Å². The largest absolute Gasteiger partial charge is 0.389 e. The number of nitrogens with one attached hydrogen (secondary N) is 1. The van der Waals surface area contributed by atoms with Crippen LogP contribution in [0.2, 0.25) is 0 Å². The molecule has 0 amide bonds. The van der Waals surface area contributed by atoms with Crippen LogP contribution in [0.5, 0.6) is 0 Å². The summed E-state index contributed by atoms with van der Waals surface area (Å²) >= 11 is 3.76. The van der Waals surface area contributed by atoms with Crippen LogP contribution in [0.4, 0.5) is 13.2 Å². The molecule has 0 aromatic heterocycles. The fraction of sp³-hybridized carbons (Fsp3) is 1.00. The molecule has 0 aromatic carbocycles. The van der Waals surface area contributed by atoms with Crippen LogP contribution < -0.4 is 5.32 Å². The van der Waals surface area contributed by atoms with E-state index in [1.165, 1.54) is 0 Å². The van der Waals surface area contributed by atoms with Gasteiger partial charge in [0.05, 0.1) is 0 Å². The van der Waals surface area contributed by atoms with Crippen LogP contribution in [-0.2, 0) is 0 Å². The second kappa shape index (κ2) is 7.90. The van der Waals surface area contributed by atoms with Gasteiger partial charge in [0.15, 0.2) is 0 Å². The van der Waals surface area contributed by atoms with Crippen molar-refractivity contribution in [1.29, 1.82) is 0 Å². The van der Waals surface area contributed by atoms with E-state index in [2.05, 4.69) is 12.2 Å². The Labute approximate surface area is 116 Å². The maximum atomic E-state index is 12.4. The van der Waals surface area contributed by atoms with Gasteiger partial charge in [0.2, 0.25) is 0 Å². The SMILES string of the molecule is CCNC(CCC(F)(F)F)C1SCCSC1CC. The average Bonchev–Trinajstić information content (AvgIpc) is 2.33. The van der Waals surface area contributed by atoms with Gasteiger partial charge in [0.25, 0.3) is 0 Å². The van der Waals surface area contributed by atoms with Gasteiger partial charge in [0.1, 0.15) is 0 Å². The summed E-state index contributed by atoms with van der Waals surface area (Å²) in [7, 11) is 0. The zero-order chi connectivity index (χ0) is 13.6. The van der Waals surface area contributed by atoms with Crippen molar-refractivity contribution in [3.63, 3.8) is 0 Å². The topological polar surface area (TPSA) is 12.0 Å². The smallest absolute Gasteiger partial charge is 0.313 e. The fourth-order valence-corrected chi connectivity index (χ4v) is 5.58. The molecule has 1 fully saturated rings. The van der Waals surface area contributed by atoms with Crippen molar-refractivity contribution >= 4 is 23.5 Å². The minimum Gasteiger partial charge on any atom is -0.313 e. The lowest BCUT2D eigenvalue weighted by atomic mass is 10.0. The first kappa shape index (κ1) is 16.5. The molecule has 0 spiro atoms. The molecule has 18 heavy (non-hydrogen) atoms. The van der Waals surface area contributed by atoms with Gasteiger partial charge in [-0.1, -0.05) is 13.8 Å². The molecular formula is C12H22F3NS2. The lowest BCUT2D eigenvalue weighted by Crippen LogP contribution is -2.45. The summed E-state index contributed by atoms with van der Waals surface area (Å²) < 4.78 is 37.1. The molecule has 108 valence electrons. The van der Waals surface area contributed by atoms with Crippen LogP contribution in [0, 0.1) is 0 Å². The predicted octanol–water partition coefficient (Wildman–Crippen LogP) is 3.93. The van der Waals surface area contributed by atoms with Crippen molar-refractivity contribution in [2.24, 2.45) is 0 Å². The first-order chi connectivity index (χ1) is 8.48. The van der Waals surface area contributed by atoms with Gasteiger partial charge in [-0.2, -0.15) is 36.7 Å². The van der Waals surface area contributed by atoms with Crippen LogP contribution in [0.25, 0.3) is 0 Å². The Bertz CT molecular complexity index is 236. The Morgan fingerprint density at radius 2 is 1.89 bits per heavy atom. The van der Waals surface area contributed by atoms with E-state index in [9.17, 15) is 13.2 Å². The minimum atomic E-state index is -4.04. The van der Waals surface area contributed by atoms with Crippen molar-refractivity contribution in [3.8, 4) is 0 Å². The minimum absolute atomic E-state index is 0.0145. The standard InChI is InChI=1S/C12H22F3NS2/c1-3-10-11(18-8-7-17-10)9(16-4-2)5-6-12(13,14)15/h9-11,16H,3-8H2,1-2H3. The van der Waals surface area contributed by atoms with Gasteiger partial charge in [-0.3, -0.25) is 0 Å². The molecule has 3 unspecified atom stereocenters. The number of hydrogen-bond donors (Lipinski definition) is 1. The average molecular weight is 301 g/mol. The molecule has 0 bridgehead atoms. The molecule has 1 nitrogen and oxygen atoms in total. The molecule has 0 aromatic rings. The summed E-state index contributed by atoms with van der Waals surface area (Å²) in [5.41, 5.74) is 0. The van der Waals surface area contributed by atoms with Gasteiger partial charge in [-0.15, -0.1) is 0 Å². The summed E-state index contributed by atoms with van der Waals surface area (Å²) in [6.45, 7) is 4.83. The van der Waals surface area contributed by atoms with E-state index < -0.39 is 12.6 Å². The summed E-state index contributed by atoms with van der Waals surface area (Å²) in [5, 5.41) is 4.06. The predicted molar refractivity (Wildman–Crippen MR) is 75.5 cm³/mol. The summed E-state index contributed by atoms with van der Waals surface area (Å²) in [5.74, 6) is 2.18. The second-order valence-electron chi connectivity index (χ2n) is 4.47. The number of rotatable bonds is 6. The van der Waals surface area contributed by atoms with E-state index in [1.54, 1.807) is 0 Å². The molecule has 0 radical (unpaired) electrons. The second-order valence-corrected chi connectivity index (χ2v) is 7.10. The van der Waals surface area contributed by atoms with E-state index >= 15 is 0 Å². The Hall–Kier alpha value is 0.450. The number of halogens is 3. The van der Waals surface area contributed by atoms with Gasteiger partial charge < -0.3 is 5.32 Å². The zero-order valence-corrected chi connectivity index (χ0v) is 12.6. The maximum absolute atomic E-state index is 12.4. The molecular weight excluding hydrogens is 279 g/mol. The lowest BCUT2D eigenvalue weighted by Gasteiger charge is -2.36. The van der Waals surface area contributed by atoms with Gasteiger partial charge >= 0.3 is 6.18 Å². The lowest BCUT2D eigenvalue weighted by molar-refractivity contribution is -0.136. The highest BCUT2D eigenvalue weighted by molar-refractivity contribution is 8.07. The molecule has 1 aliphatic heterocycles. The van der Waals surface area contributed by atoms with Crippen molar-refractivity contribution in [2.45, 2.75) is 55.8 Å².